The molecular weight excluding hydrogens is 348 g/mol. The Kier molecular flexibility index (Phi) is 4.54. The van der Waals surface area contributed by atoms with Gasteiger partial charge in [0.05, 0.1) is 19.0 Å². The molecule has 2 aliphatic heterocycles. The summed E-state index contributed by atoms with van der Waals surface area (Å²) in [6.07, 6.45) is 2.09. The SMILES string of the molecule is CP(C)(=O)CN1CCC2(CC1)OC(c1ccccc1)c1ccc(F)cc12. The van der Waals surface area contributed by atoms with Crippen molar-refractivity contribution in [1.82, 2.24) is 4.90 Å². The fourth-order valence-electron chi connectivity index (χ4n) is 4.30. The maximum absolute atomic E-state index is 14.0. The van der Waals surface area contributed by atoms with Crippen molar-refractivity contribution in [2.24, 2.45) is 0 Å². The van der Waals surface area contributed by atoms with Crippen LogP contribution in [0.4, 0.5) is 4.39 Å². The van der Waals surface area contributed by atoms with E-state index in [1.165, 1.54) is 6.07 Å². The lowest BCUT2D eigenvalue weighted by molar-refractivity contribution is -0.0950. The molecule has 0 N–H and O–H groups in total. The summed E-state index contributed by atoms with van der Waals surface area (Å²) in [7, 11) is -2.09. The molecule has 1 spiro atoms. The van der Waals surface area contributed by atoms with E-state index in [0.29, 0.717) is 6.29 Å². The average molecular weight is 373 g/mol. The molecule has 0 aromatic heterocycles. The van der Waals surface area contributed by atoms with Gasteiger partial charge in [-0.3, -0.25) is 4.90 Å². The molecule has 2 aromatic rings. The lowest BCUT2D eigenvalue weighted by Gasteiger charge is -2.40. The Morgan fingerprint density at radius 1 is 1.15 bits per heavy atom. The van der Waals surface area contributed by atoms with Crippen molar-refractivity contribution in [3.63, 3.8) is 0 Å². The normalized spacial score (nSPS) is 22.5. The largest absolute Gasteiger partial charge is 0.358 e. The number of benzene rings is 2. The third-order valence-corrected chi connectivity index (χ3v) is 6.52. The summed E-state index contributed by atoms with van der Waals surface area (Å²) < 4.78 is 32.8. The number of likely N-dealkylation sites (tertiary alicyclic amines) is 1. The van der Waals surface area contributed by atoms with Crippen molar-refractivity contribution < 1.29 is 13.7 Å². The van der Waals surface area contributed by atoms with Gasteiger partial charge >= 0.3 is 0 Å². The molecule has 0 radical (unpaired) electrons. The zero-order valence-corrected chi connectivity index (χ0v) is 16.2. The minimum Gasteiger partial charge on any atom is -0.358 e. The van der Waals surface area contributed by atoms with Gasteiger partial charge in [-0.15, -0.1) is 0 Å². The highest BCUT2D eigenvalue weighted by Gasteiger charge is 2.47. The van der Waals surface area contributed by atoms with E-state index in [0.717, 1.165) is 42.6 Å². The van der Waals surface area contributed by atoms with Gasteiger partial charge in [0.25, 0.3) is 0 Å². The molecule has 0 saturated carbocycles. The molecule has 0 bridgehead atoms. The number of hydrogen-bond donors (Lipinski definition) is 0. The van der Waals surface area contributed by atoms with Crippen LogP contribution in [0.2, 0.25) is 0 Å². The van der Waals surface area contributed by atoms with E-state index in [-0.39, 0.29) is 11.9 Å². The number of halogens is 1. The van der Waals surface area contributed by atoms with Gasteiger partial charge in [-0.2, -0.15) is 0 Å². The van der Waals surface area contributed by atoms with Crippen LogP contribution >= 0.6 is 7.14 Å². The van der Waals surface area contributed by atoms with Crippen LogP contribution in [0.25, 0.3) is 0 Å². The van der Waals surface area contributed by atoms with Crippen molar-refractivity contribution >= 4 is 7.14 Å². The Morgan fingerprint density at radius 2 is 1.85 bits per heavy atom. The Labute approximate surface area is 154 Å². The second-order valence-electron chi connectivity index (χ2n) is 7.97. The predicted octanol–water partition coefficient (Wildman–Crippen LogP) is 4.82. The highest BCUT2D eigenvalue weighted by molar-refractivity contribution is 7.62. The molecule has 1 fully saturated rings. The lowest BCUT2D eigenvalue weighted by Crippen LogP contribution is -2.42. The molecule has 1 atom stereocenters. The predicted molar refractivity (Wildman–Crippen MR) is 103 cm³/mol. The molecule has 138 valence electrons. The molecule has 3 nitrogen and oxygen atoms in total. The first kappa shape index (κ1) is 17.9. The monoisotopic (exact) mass is 373 g/mol. The molecule has 1 unspecified atom stereocenters. The first-order chi connectivity index (χ1) is 12.4. The third kappa shape index (κ3) is 3.38. The second-order valence-corrected chi connectivity index (χ2v) is 11.4. The Balaban J connectivity index is 1.64. The molecule has 1 saturated heterocycles. The number of nitrogens with zero attached hydrogens (tertiary/aromatic N) is 1. The van der Waals surface area contributed by atoms with E-state index in [1.807, 2.05) is 37.6 Å². The van der Waals surface area contributed by atoms with Crippen molar-refractivity contribution in [3.05, 3.63) is 71.0 Å². The zero-order chi connectivity index (χ0) is 18.4. The minimum absolute atomic E-state index is 0.151. The Morgan fingerprint density at radius 3 is 2.50 bits per heavy atom. The number of hydrogen-bond acceptors (Lipinski definition) is 3. The average Bonchev–Trinajstić information content (AvgIpc) is 2.91. The molecule has 0 aliphatic carbocycles. The van der Waals surface area contributed by atoms with Crippen molar-refractivity contribution in [3.8, 4) is 0 Å². The van der Waals surface area contributed by atoms with Crippen LogP contribution in [-0.2, 0) is 14.9 Å². The number of piperidine rings is 1. The summed E-state index contributed by atoms with van der Waals surface area (Å²) >= 11 is 0. The summed E-state index contributed by atoms with van der Waals surface area (Å²) in [4.78, 5) is 2.25. The summed E-state index contributed by atoms with van der Waals surface area (Å²) in [6, 6.07) is 15.2. The maximum atomic E-state index is 14.0. The van der Waals surface area contributed by atoms with Crippen LogP contribution in [0.3, 0.4) is 0 Å². The van der Waals surface area contributed by atoms with Gasteiger partial charge in [-0.05, 0) is 55.0 Å². The molecule has 26 heavy (non-hydrogen) atoms. The van der Waals surface area contributed by atoms with Gasteiger partial charge in [0, 0.05) is 13.1 Å². The quantitative estimate of drug-likeness (QED) is 0.723. The highest BCUT2D eigenvalue weighted by Crippen LogP contribution is 2.52. The van der Waals surface area contributed by atoms with Gasteiger partial charge in [0.1, 0.15) is 11.9 Å². The van der Waals surface area contributed by atoms with Crippen molar-refractivity contribution in [2.75, 3.05) is 32.7 Å². The third-order valence-electron chi connectivity index (χ3n) is 5.44. The summed E-state index contributed by atoms with van der Waals surface area (Å²) in [5, 5.41) is 0. The van der Waals surface area contributed by atoms with E-state index in [1.54, 1.807) is 6.07 Å². The fourth-order valence-corrected chi connectivity index (χ4v) is 5.55. The van der Waals surface area contributed by atoms with Gasteiger partial charge in [0.15, 0.2) is 0 Å². The van der Waals surface area contributed by atoms with Gasteiger partial charge in [0.2, 0.25) is 0 Å². The lowest BCUT2D eigenvalue weighted by atomic mass is 9.83. The molecular formula is C21H25FNO2P. The van der Waals surface area contributed by atoms with Crippen LogP contribution in [0.15, 0.2) is 48.5 Å². The standard InChI is InChI=1S/C21H25FNO2P/c1-26(2,24)15-23-12-10-21(11-13-23)19-14-17(22)8-9-18(19)20(25-21)16-6-4-3-5-7-16/h3-9,14,20H,10-13,15H2,1-2H3. The molecule has 5 heteroatoms. The highest BCUT2D eigenvalue weighted by atomic mass is 31.2. The second kappa shape index (κ2) is 6.60. The number of ether oxygens (including phenoxy) is 1. The van der Waals surface area contributed by atoms with Crippen LogP contribution in [0.5, 0.6) is 0 Å². The molecule has 2 aliphatic rings. The Hall–Kier alpha value is -1.48. The molecule has 2 aromatic carbocycles. The van der Waals surface area contributed by atoms with E-state index < -0.39 is 12.7 Å². The Bertz CT molecular complexity index is 840. The molecule has 2 heterocycles. The van der Waals surface area contributed by atoms with Crippen molar-refractivity contribution in [2.45, 2.75) is 24.5 Å². The summed E-state index contributed by atoms with van der Waals surface area (Å²) in [5.41, 5.74) is 2.72. The van der Waals surface area contributed by atoms with Crippen LogP contribution in [-0.4, -0.2) is 37.6 Å². The van der Waals surface area contributed by atoms with Gasteiger partial charge in [-0.25, -0.2) is 4.39 Å². The fraction of sp³-hybridized carbons (Fsp3) is 0.429. The maximum Gasteiger partial charge on any atom is 0.123 e. The zero-order valence-electron chi connectivity index (χ0n) is 15.3. The smallest absolute Gasteiger partial charge is 0.123 e. The van der Waals surface area contributed by atoms with Crippen molar-refractivity contribution in [1.29, 1.82) is 0 Å². The number of fused-ring (bicyclic) bond motifs is 2. The number of rotatable bonds is 3. The molecule has 4 rings (SSSR count). The van der Waals surface area contributed by atoms with E-state index >= 15 is 0 Å². The first-order valence-electron chi connectivity index (χ1n) is 9.15. The van der Waals surface area contributed by atoms with Crippen LogP contribution in [0.1, 0.15) is 35.6 Å². The van der Waals surface area contributed by atoms with E-state index in [4.69, 9.17) is 4.74 Å². The minimum atomic E-state index is -2.09. The van der Waals surface area contributed by atoms with Gasteiger partial charge < -0.3 is 9.30 Å². The summed E-state index contributed by atoms with van der Waals surface area (Å²) in [5.74, 6) is -0.213. The summed E-state index contributed by atoms with van der Waals surface area (Å²) in [6.45, 7) is 5.31. The first-order valence-corrected chi connectivity index (χ1v) is 11.9. The van der Waals surface area contributed by atoms with Crippen LogP contribution in [0, 0.1) is 5.82 Å². The van der Waals surface area contributed by atoms with Crippen LogP contribution < -0.4 is 0 Å². The van der Waals surface area contributed by atoms with E-state index in [9.17, 15) is 8.96 Å². The topological polar surface area (TPSA) is 29.5 Å². The van der Waals surface area contributed by atoms with Gasteiger partial charge in [-0.1, -0.05) is 36.4 Å². The van der Waals surface area contributed by atoms with E-state index in [2.05, 4.69) is 17.0 Å². The molecule has 0 amide bonds.